The molecule has 1 aliphatic rings. The van der Waals surface area contributed by atoms with Crippen LogP contribution in [0, 0.1) is 6.92 Å². The quantitative estimate of drug-likeness (QED) is 0.874. The van der Waals surface area contributed by atoms with E-state index in [-0.39, 0.29) is 11.9 Å². The van der Waals surface area contributed by atoms with Crippen molar-refractivity contribution in [1.29, 1.82) is 0 Å². The van der Waals surface area contributed by atoms with Crippen LogP contribution in [0.15, 0.2) is 35.8 Å². The summed E-state index contributed by atoms with van der Waals surface area (Å²) in [6.07, 6.45) is 0. The van der Waals surface area contributed by atoms with Crippen LogP contribution >= 0.6 is 11.3 Å². The highest BCUT2D eigenvalue weighted by atomic mass is 32.1. The van der Waals surface area contributed by atoms with Crippen molar-refractivity contribution in [3.8, 4) is 0 Å². The maximum atomic E-state index is 12.0. The van der Waals surface area contributed by atoms with Gasteiger partial charge >= 0.3 is 0 Å². The van der Waals surface area contributed by atoms with Crippen LogP contribution in [0.1, 0.15) is 29.1 Å². The summed E-state index contributed by atoms with van der Waals surface area (Å²) in [5.41, 5.74) is 4.24. The second-order valence-electron chi connectivity index (χ2n) is 5.73. The first-order chi connectivity index (χ1) is 10.6. The van der Waals surface area contributed by atoms with Crippen molar-refractivity contribution in [3.63, 3.8) is 0 Å². The van der Waals surface area contributed by atoms with Gasteiger partial charge in [-0.2, -0.15) is 0 Å². The largest absolute Gasteiger partial charge is 0.333 e. The van der Waals surface area contributed by atoms with Gasteiger partial charge in [-0.1, -0.05) is 30.3 Å². The van der Waals surface area contributed by atoms with Crippen LogP contribution in [-0.2, 0) is 11.3 Å². The molecular formula is C17H21N3OS. The molecule has 5 heteroatoms. The molecule has 4 nitrogen and oxygen atoms in total. The molecule has 0 aliphatic carbocycles. The van der Waals surface area contributed by atoms with Gasteiger partial charge in [0.05, 0.1) is 17.2 Å². The predicted octanol–water partition coefficient (Wildman–Crippen LogP) is 2.86. The third kappa shape index (κ3) is 3.20. The summed E-state index contributed by atoms with van der Waals surface area (Å²) in [4.78, 5) is 22.0. The molecule has 0 radical (unpaired) electrons. The second kappa shape index (κ2) is 6.58. The van der Waals surface area contributed by atoms with Gasteiger partial charge in [-0.05, 0) is 12.5 Å². The first-order valence-electron chi connectivity index (χ1n) is 7.58. The zero-order chi connectivity index (χ0) is 15.5. The van der Waals surface area contributed by atoms with Crippen LogP contribution in [0.5, 0.6) is 0 Å². The number of amides is 1. The van der Waals surface area contributed by atoms with Crippen LogP contribution < -0.4 is 0 Å². The monoisotopic (exact) mass is 315 g/mol. The van der Waals surface area contributed by atoms with E-state index < -0.39 is 0 Å². The van der Waals surface area contributed by atoms with Crippen molar-refractivity contribution in [2.75, 3.05) is 19.6 Å². The molecule has 1 saturated heterocycles. The minimum Gasteiger partial charge on any atom is -0.333 e. The van der Waals surface area contributed by atoms with Crippen LogP contribution in [0.2, 0.25) is 0 Å². The lowest BCUT2D eigenvalue weighted by molar-refractivity contribution is -0.134. The van der Waals surface area contributed by atoms with E-state index in [0.29, 0.717) is 0 Å². The van der Waals surface area contributed by atoms with Crippen LogP contribution in [0.25, 0.3) is 0 Å². The zero-order valence-corrected chi connectivity index (χ0v) is 13.8. The number of aromatic nitrogens is 1. The summed E-state index contributed by atoms with van der Waals surface area (Å²) >= 11 is 1.71. The standard InChI is InChI=1S/C17H21N3OS/c1-13-17(22-12-18-13)11-19-8-9-20(14(2)21)16(10-19)15-6-4-3-5-7-15/h3-7,12,16H,8-11H2,1-2H3. The zero-order valence-electron chi connectivity index (χ0n) is 13.0. The average Bonchev–Trinajstić information content (AvgIpc) is 2.93. The molecule has 1 fully saturated rings. The Balaban J connectivity index is 1.78. The number of carbonyl (C=O) groups excluding carboxylic acids is 1. The number of aryl methyl sites for hydroxylation is 1. The van der Waals surface area contributed by atoms with Gasteiger partial charge < -0.3 is 4.90 Å². The van der Waals surface area contributed by atoms with E-state index in [1.165, 1.54) is 10.4 Å². The molecule has 0 bridgehead atoms. The normalized spacial score (nSPS) is 19.4. The Bertz CT molecular complexity index is 640. The van der Waals surface area contributed by atoms with E-state index >= 15 is 0 Å². The molecule has 3 rings (SSSR count). The summed E-state index contributed by atoms with van der Waals surface area (Å²) in [6, 6.07) is 10.5. The number of nitrogens with zero attached hydrogens (tertiary/aromatic N) is 3. The fourth-order valence-electron chi connectivity index (χ4n) is 3.00. The Morgan fingerprint density at radius 3 is 2.73 bits per heavy atom. The molecule has 1 aliphatic heterocycles. The Morgan fingerprint density at radius 2 is 2.09 bits per heavy atom. The Hall–Kier alpha value is -1.72. The highest BCUT2D eigenvalue weighted by molar-refractivity contribution is 7.09. The average molecular weight is 315 g/mol. The van der Waals surface area contributed by atoms with Gasteiger partial charge in [-0.25, -0.2) is 4.98 Å². The van der Waals surface area contributed by atoms with E-state index in [0.717, 1.165) is 31.9 Å². The van der Waals surface area contributed by atoms with Crippen LogP contribution in [0.4, 0.5) is 0 Å². The third-order valence-electron chi connectivity index (χ3n) is 4.27. The Morgan fingerprint density at radius 1 is 1.32 bits per heavy atom. The molecule has 2 aromatic rings. The number of piperazine rings is 1. The lowest BCUT2D eigenvalue weighted by atomic mass is 10.0. The fourth-order valence-corrected chi connectivity index (χ4v) is 3.82. The molecule has 1 aromatic heterocycles. The van der Waals surface area contributed by atoms with E-state index in [2.05, 4.69) is 28.9 Å². The Kier molecular flexibility index (Phi) is 4.55. The van der Waals surface area contributed by atoms with E-state index in [4.69, 9.17) is 0 Å². The fraction of sp³-hybridized carbons (Fsp3) is 0.412. The molecule has 1 amide bonds. The van der Waals surface area contributed by atoms with Crippen LogP contribution in [-0.4, -0.2) is 40.3 Å². The first-order valence-corrected chi connectivity index (χ1v) is 8.46. The number of thiazole rings is 1. The van der Waals surface area contributed by atoms with Gasteiger partial charge in [0.25, 0.3) is 0 Å². The van der Waals surface area contributed by atoms with E-state index in [1.54, 1.807) is 18.3 Å². The molecule has 1 atom stereocenters. The summed E-state index contributed by atoms with van der Waals surface area (Å²) in [7, 11) is 0. The van der Waals surface area contributed by atoms with Gasteiger partial charge in [-0.3, -0.25) is 9.69 Å². The summed E-state index contributed by atoms with van der Waals surface area (Å²) in [6.45, 7) is 7.23. The van der Waals surface area contributed by atoms with Gasteiger partial charge in [0.15, 0.2) is 0 Å². The van der Waals surface area contributed by atoms with Gasteiger partial charge in [0, 0.05) is 38.0 Å². The highest BCUT2D eigenvalue weighted by Crippen LogP contribution is 2.27. The van der Waals surface area contributed by atoms with Crippen molar-refractivity contribution in [3.05, 3.63) is 52.0 Å². The third-order valence-corrected chi connectivity index (χ3v) is 5.19. The maximum Gasteiger partial charge on any atom is 0.220 e. The minimum absolute atomic E-state index is 0.140. The minimum atomic E-state index is 0.140. The number of benzene rings is 1. The summed E-state index contributed by atoms with van der Waals surface area (Å²) in [5, 5.41) is 0. The summed E-state index contributed by atoms with van der Waals surface area (Å²) < 4.78 is 0. The molecule has 2 heterocycles. The van der Waals surface area contributed by atoms with Crippen molar-refractivity contribution < 1.29 is 4.79 Å². The van der Waals surface area contributed by atoms with Crippen molar-refractivity contribution in [1.82, 2.24) is 14.8 Å². The van der Waals surface area contributed by atoms with Crippen molar-refractivity contribution in [2.45, 2.75) is 26.4 Å². The Labute approximate surface area is 135 Å². The SMILES string of the molecule is CC(=O)N1CCN(Cc2scnc2C)CC1c1ccccc1. The van der Waals surface area contributed by atoms with Crippen molar-refractivity contribution in [2.24, 2.45) is 0 Å². The molecule has 0 saturated carbocycles. The van der Waals surface area contributed by atoms with Gasteiger partial charge in [0.2, 0.25) is 5.91 Å². The molecule has 0 spiro atoms. The number of hydrogen-bond acceptors (Lipinski definition) is 4. The summed E-state index contributed by atoms with van der Waals surface area (Å²) in [5.74, 6) is 0.155. The number of carbonyl (C=O) groups is 1. The number of hydrogen-bond donors (Lipinski definition) is 0. The van der Waals surface area contributed by atoms with Gasteiger partial charge in [0.1, 0.15) is 0 Å². The smallest absolute Gasteiger partial charge is 0.220 e. The molecule has 1 aromatic carbocycles. The number of rotatable bonds is 3. The molecule has 0 N–H and O–H groups in total. The second-order valence-corrected chi connectivity index (χ2v) is 6.67. The molecule has 1 unspecified atom stereocenters. The predicted molar refractivity (Wildman–Crippen MR) is 88.7 cm³/mol. The lowest BCUT2D eigenvalue weighted by Crippen LogP contribution is -2.49. The van der Waals surface area contributed by atoms with Crippen molar-refractivity contribution >= 4 is 17.2 Å². The van der Waals surface area contributed by atoms with E-state index in [9.17, 15) is 4.79 Å². The maximum absolute atomic E-state index is 12.0. The lowest BCUT2D eigenvalue weighted by Gasteiger charge is -2.41. The molecular weight excluding hydrogens is 294 g/mol. The molecule has 22 heavy (non-hydrogen) atoms. The highest BCUT2D eigenvalue weighted by Gasteiger charge is 2.30. The van der Waals surface area contributed by atoms with Gasteiger partial charge in [-0.15, -0.1) is 11.3 Å². The van der Waals surface area contributed by atoms with E-state index in [1.807, 2.05) is 28.6 Å². The van der Waals surface area contributed by atoms with Crippen LogP contribution in [0.3, 0.4) is 0 Å². The topological polar surface area (TPSA) is 36.4 Å². The first kappa shape index (κ1) is 15.2. The molecule has 116 valence electrons.